The summed E-state index contributed by atoms with van der Waals surface area (Å²) in [4.78, 5) is 12.8. The zero-order valence-corrected chi connectivity index (χ0v) is 25.0. The summed E-state index contributed by atoms with van der Waals surface area (Å²) in [5.74, 6) is 0.715. The summed E-state index contributed by atoms with van der Waals surface area (Å²) in [5, 5.41) is 15.6. The lowest BCUT2D eigenvalue weighted by Crippen LogP contribution is -2.44. The molecule has 8 nitrogen and oxygen atoms in total. The van der Waals surface area contributed by atoms with Crippen LogP contribution < -0.4 is 15.7 Å². The van der Waals surface area contributed by atoms with E-state index in [0.29, 0.717) is 24.1 Å². The Bertz CT molecular complexity index is 1660. The predicted octanol–water partition coefficient (Wildman–Crippen LogP) is 4.59. The van der Waals surface area contributed by atoms with Crippen LogP contribution in [0.5, 0.6) is 0 Å². The van der Waals surface area contributed by atoms with E-state index in [0.717, 1.165) is 46.7 Å². The number of allylic oxidation sites excluding steroid dienone is 3. The summed E-state index contributed by atoms with van der Waals surface area (Å²) in [6.07, 6.45) is 8.22. The van der Waals surface area contributed by atoms with Gasteiger partial charge in [-0.3, -0.25) is 10.2 Å². The first-order valence-electron chi connectivity index (χ1n) is 13.7. The van der Waals surface area contributed by atoms with E-state index >= 15 is 0 Å². The minimum Gasteiger partial charge on any atom is -0.744 e. The molecule has 2 heterocycles. The average Bonchev–Trinajstić information content (AvgIpc) is 3.07. The quantitative estimate of drug-likeness (QED) is 0.280. The first kappa shape index (κ1) is 30.3. The van der Waals surface area contributed by atoms with Gasteiger partial charge in [0, 0.05) is 46.8 Å². The van der Waals surface area contributed by atoms with E-state index in [4.69, 9.17) is 14.9 Å². The first-order chi connectivity index (χ1) is 19.1. The van der Waals surface area contributed by atoms with Crippen molar-refractivity contribution in [1.82, 2.24) is 0 Å². The van der Waals surface area contributed by atoms with Gasteiger partial charge in [0.2, 0.25) is 0 Å². The normalized spacial score (nSPS) is 16.1. The summed E-state index contributed by atoms with van der Waals surface area (Å²) >= 11 is 0. The number of carboxylic acids is 1. The van der Waals surface area contributed by atoms with Gasteiger partial charge in [-0.15, -0.1) is 0 Å². The molecule has 0 atom stereocenters. The largest absolute Gasteiger partial charge is 0.744 e. The van der Waals surface area contributed by atoms with E-state index in [-0.39, 0.29) is 16.7 Å². The van der Waals surface area contributed by atoms with Gasteiger partial charge in [0.1, 0.15) is 21.6 Å². The van der Waals surface area contributed by atoms with Crippen LogP contribution in [0, 0.1) is 0 Å². The van der Waals surface area contributed by atoms with Crippen LogP contribution in [0.2, 0.25) is 0 Å². The second-order valence-corrected chi connectivity index (χ2v) is 13.5. The predicted molar refractivity (Wildman–Crippen MR) is 157 cm³/mol. The summed E-state index contributed by atoms with van der Waals surface area (Å²) in [6.45, 7) is 10.9. The van der Waals surface area contributed by atoms with Crippen LogP contribution in [-0.4, -0.2) is 30.6 Å². The summed E-state index contributed by atoms with van der Waals surface area (Å²) < 4.78 is 41.6. The zero-order chi connectivity index (χ0) is 30.2. The SMILES string of the molecule is CC(C)(C)c1cc(C=CC=C2N(CCCCCC(=O)O)c3ccc(S(=O)(=O)[O-])cc3C2(C)C)c2ccc(=[NH2+])cc-2o1. The molecule has 0 radical (unpaired) electrons. The van der Waals surface area contributed by atoms with Crippen LogP contribution >= 0.6 is 0 Å². The molecular formula is C32H38N2O6S. The van der Waals surface area contributed by atoms with Crippen LogP contribution in [0.4, 0.5) is 5.69 Å². The van der Waals surface area contributed by atoms with Gasteiger partial charge in [0.05, 0.1) is 11.0 Å². The van der Waals surface area contributed by atoms with Gasteiger partial charge in [-0.1, -0.05) is 53.2 Å². The number of benzene rings is 2. The van der Waals surface area contributed by atoms with Crippen molar-refractivity contribution in [2.24, 2.45) is 0 Å². The standard InChI is InChI=1S/C32H38N2O6S/c1-31(2,3)29-18-21(24-15-13-22(33)19-27(24)40-29)10-9-11-28-32(4,5)25-20-23(41(37,38)39)14-16-26(25)34(28)17-8-6-7-12-30(35)36/h9-11,13-16,18-20,33H,6-8,12,17H2,1-5H3,(H,35,36)(H,37,38,39). The van der Waals surface area contributed by atoms with Gasteiger partial charge < -0.3 is 19.0 Å². The van der Waals surface area contributed by atoms with Gasteiger partial charge in [0.15, 0.2) is 5.36 Å². The molecule has 0 aromatic heterocycles. The van der Waals surface area contributed by atoms with Crippen LogP contribution in [0.1, 0.15) is 77.2 Å². The lowest BCUT2D eigenvalue weighted by Gasteiger charge is -2.27. The average molecular weight is 579 g/mol. The minimum atomic E-state index is -4.61. The van der Waals surface area contributed by atoms with Gasteiger partial charge in [-0.05, 0) is 60.4 Å². The summed E-state index contributed by atoms with van der Waals surface area (Å²) in [6, 6.07) is 12.2. The molecule has 3 aliphatic rings. The van der Waals surface area contributed by atoms with Gasteiger partial charge >= 0.3 is 5.97 Å². The molecule has 0 unspecified atom stereocenters. The Morgan fingerprint density at radius 1 is 1.10 bits per heavy atom. The van der Waals surface area contributed by atoms with E-state index in [2.05, 4.69) is 25.7 Å². The van der Waals surface area contributed by atoms with Crippen molar-refractivity contribution < 1.29 is 32.7 Å². The van der Waals surface area contributed by atoms with E-state index < -0.39 is 21.5 Å². The number of carbonyl (C=O) groups is 1. The van der Waals surface area contributed by atoms with Crippen molar-refractivity contribution in [3.05, 3.63) is 82.6 Å². The van der Waals surface area contributed by atoms with Crippen LogP contribution in [-0.2, 0) is 25.7 Å². The van der Waals surface area contributed by atoms with Gasteiger partial charge in [0.25, 0.3) is 0 Å². The lowest BCUT2D eigenvalue weighted by molar-refractivity contribution is -0.172. The molecule has 0 saturated heterocycles. The van der Waals surface area contributed by atoms with Gasteiger partial charge in [-0.2, -0.15) is 0 Å². The minimum absolute atomic E-state index is 0.123. The van der Waals surface area contributed by atoms with Crippen molar-refractivity contribution in [2.45, 2.75) is 76.0 Å². The number of unbranched alkanes of at least 4 members (excludes halogenated alkanes) is 2. The number of nitrogens with zero attached hydrogens (tertiary/aromatic N) is 1. The number of nitrogens with two attached hydrogens (primary N) is 1. The zero-order valence-electron chi connectivity index (χ0n) is 24.2. The maximum atomic E-state index is 11.8. The fourth-order valence-corrected chi connectivity index (χ4v) is 5.75. The van der Waals surface area contributed by atoms with E-state index in [1.807, 2.05) is 56.3 Å². The molecule has 0 fully saturated rings. The number of hydrogen-bond acceptors (Lipinski definition) is 6. The van der Waals surface area contributed by atoms with Crippen molar-refractivity contribution >= 4 is 27.9 Å². The Morgan fingerprint density at radius 3 is 2.49 bits per heavy atom. The topological polar surface area (TPSA) is 136 Å². The smallest absolute Gasteiger partial charge is 0.303 e. The molecule has 1 aliphatic carbocycles. The number of fused-ring (bicyclic) bond motifs is 2. The number of hydrogen-bond donors (Lipinski definition) is 2. The molecule has 2 aliphatic heterocycles. The Balaban J connectivity index is 1.75. The second-order valence-electron chi connectivity index (χ2n) is 12.1. The molecule has 1 aromatic rings. The van der Waals surface area contributed by atoms with Gasteiger partial charge in [-0.25, -0.2) is 8.42 Å². The van der Waals surface area contributed by atoms with Crippen molar-refractivity contribution in [2.75, 3.05) is 11.4 Å². The molecule has 1 aromatic carbocycles. The van der Waals surface area contributed by atoms with E-state index in [1.165, 1.54) is 12.1 Å². The molecule has 3 N–H and O–H groups in total. The third-order valence-electron chi connectivity index (χ3n) is 7.52. The fourth-order valence-electron chi connectivity index (χ4n) is 5.25. The molecule has 0 saturated carbocycles. The maximum Gasteiger partial charge on any atom is 0.303 e. The molecule has 0 amide bonds. The second kappa shape index (κ2) is 11.3. The maximum absolute atomic E-state index is 11.8. The van der Waals surface area contributed by atoms with Crippen LogP contribution in [0.3, 0.4) is 0 Å². The fraction of sp³-hybridized carbons (Fsp3) is 0.375. The Morgan fingerprint density at radius 2 is 1.83 bits per heavy atom. The number of anilines is 1. The molecule has 41 heavy (non-hydrogen) atoms. The monoisotopic (exact) mass is 578 g/mol. The highest BCUT2D eigenvalue weighted by atomic mass is 32.2. The number of carboxylic acid groups (broad SMARTS) is 1. The molecular weight excluding hydrogens is 540 g/mol. The van der Waals surface area contributed by atoms with Crippen molar-refractivity contribution in [3.8, 4) is 11.3 Å². The first-order valence-corrected chi connectivity index (χ1v) is 15.2. The highest BCUT2D eigenvalue weighted by Gasteiger charge is 2.40. The number of aliphatic carboxylic acids is 1. The third-order valence-corrected chi connectivity index (χ3v) is 8.35. The highest BCUT2D eigenvalue weighted by molar-refractivity contribution is 7.85. The third kappa shape index (κ3) is 6.63. The Kier molecular flexibility index (Phi) is 8.34. The van der Waals surface area contributed by atoms with Crippen molar-refractivity contribution in [3.63, 3.8) is 0 Å². The Hall–Kier alpha value is -3.69. The molecule has 0 bridgehead atoms. The van der Waals surface area contributed by atoms with Crippen LogP contribution in [0.25, 0.3) is 17.4 Å². The molecule has 218 valence electrons. The molecule has 9 heteroatoms. The van der Waals surface area contributed by atoms with Crippen molar-refractivity contribution in [1.29, 1.82) is 0 Å². The number of rotatable bonds is 9. The summed E-state index contributed by atoms with van der Waals surface area (Å²) in [7, 11) is -4.61. The molecule has 4 rings (SSSR count). The molecule has 0 spiro atoms. The Labute approximate surface area is 241 Å². The summed E-state index contributed by atoms with van der Waals surface area (Å²) in [5.41, 5.74) is 3.65. The van der Waals surface area contributed by atoms with E-state index in [9.17, 15) is 17.8 Å². The highest BCUT2D eigenvalue weighted by Crippen LogP contribution is 2.48. The van der Waals surface area contributed by atoms with Crippen LogP contribution in [0.15, 0.2) is 69.6 Å². The lowest BCUT2D eigenvalue weighted by atomic mass is 9.83. The van der Waals surface area contributed by atoms with E-state index in [1.54, 1.807) is 6.07 Å².